The molecule has 1 amide bonds. The number of hydrogen-bond acceptors (Lipinski definition) is 9. The number of fused-ring (bicyclic) bond motifs is 1. The number of benzene rings is 1. The number of imidazole rings is 1. The fourth-order valence-electron chi connectivity index (χ4n) is 5.18. The minimum atomic E-state index is -0.204. The van der Waals surface area contributed by atoms with E-state index in [0.717, 1.165) is 64.1 Å². The number of anilines is 2. The van der Waals surface area contributed by atoms with E-state index in [-0.39, 0.29) is 17.8 Å². The number of aromatic nitrogens is 4. The molecule has 0 atom stereocenters. The third kappa shape index (κ3) is 5.56. The lowest BCUT2D eigenvalue weighted by Gasteiger charge is -2.34. The number of likely N-dealkylation sites (N-methyl/N-ethyl adjacent to an activating group) is 2. The Hall–Kier alpha value is -3.75. The zero-order valence-corrected chi connectivity index (χ0v) is 22.5. The smallest absolute Gasteiger partial charge is 0.269 e. The van der Waals surface area contributed by atoms with Gasteiger partial charge in [-0.25, -0.2) is 4.98 Å². The van der Waals surface area contributed by atoms with E-state index in [0.29, 0.717) is 29.1 Å². The number of rotatable bonds is 8. The fraction of sp³-hybridized carbons (Fsp3) is 0.519. The minimum absolute atomic E-state index is 0.0633. The van der Waals surface area contributed by atoms with Gasteiger partial charge < -0.3 is 19.3 Å². The molecule has 1 aromatic carbocycles. The highest BCUT2D eigenvalue weighted by Gasteiger charge is 2.29. The second-order valence-corrected chi connectivity index (χ2v) is 10.5. The number of piperazine rings is 1. The summed E-state index contributed by atoms with van der Waals surface area (Å²) < 4.78 is 1.94. The van der Waals surface area contributed by atoms with Crippen molar-refractivity contribution in [3.05, 3.63) is 42.0 Å². The summed E-state index contributed by atoms with van der Waals surface area (Å²) in [4.78, 5) is 34.0. The largest absolute Gasteiger partial charge is 0.369 e. The first-order chi connectivity index (χ1) is 18.4. The molecule has 2 fully saturated rings. The van der Waals surface area contributed by atoms with Gasteiger partial charge in [0.05, 0.1) is 12.4 Å². The highest BCUT2D eigenvalue weighted by molar-refractivity contribution is 5.97. The van der Waals surface area contributed by atoms with E-state index in [1.54, 1.807) is 6.33 Å². The number of carbonyl (C=O) groups is 1. The highest BCUT2D eigenvalue weighted by Crippen LogP contribution is 2.30. The van der Waals surface area contributed by atoms with E-state index in [9.17, 15) is 10.1 Å². The minimum Gasteiger partial charge on any atom is -0.369 e. The molecule has 11 nitrogen and oxygen atoms in total. The molecule has 1 aliphatic heterocycles. The molecule has 1 saturated heterocycles. The van der Waals surface area contributed by atoms with Crippen molar-refractivity contribution in [3.8, 4) is 6.07 Å². The summed E-state index contributed by atoms with van der Waals surface area (Å²) in [5.74, 6) is 0.337. The average Bonchev–Trinajstić information content (AvgIpc) is 3.61. The molecular weight excluding hydrogens is 480 g/mol. The molecule has 200 valence electrons. The Morgan fingerprint density at radius 1 is 1.16 bits per heavy atom. The summed E-state index contributed by atoms with van der Waals surface area (Å²) >= 11 is 0. The van der Waals surface area contributed by atoms with Crippen LogP contribution in [0, 0.1) is 11.3 Å². The lowest BCUT2D eigenvalue weighted by Crippen LogP contribution is -2.48. The Morgan fingerprint density at radius 3 is 2.63 bits per heavy atom. The number of hydrazine groups is 1. The fourth-order valence-corrected chi connectivity index (χ4v) is 5.18. The van der Waals surface area contributed by atoms with E-state index in [1.165, 1.54) is 0 Å². The number of carbonyl (C=O) groups excluding carboxylic acids is 1. The van der Waals surface area contributed by atoms with Gasteiger partial charge >= 0.3 is 0 Å². The van der Waals surface area contributed by atoms with Gasteiger partial charge in [-0.05, 0) is 52.2 Å². The third-order valence-electron chi connectivity index (χ3n) is 7.45. The van der Waals surface area contributed by atoms with Gasteiger partial charge in [-0.3, -0.25) is 15.2 Å². The lowest BCUT2D eigenvalue weighted by atomic mass is 10.1. The molecule has 11 heteroatoms. The van der Waals surface area contributed by atoms with Crippen LogP contribution in [0.25, 0.3) is 11.2 Å². The molecular formula is C27H36N10O. The van der Waals surface area contributed by atoms with Gasteiger partial charge in [-0.2, -0.15) is 15.2 Å². The van der Waals surface area contributed by atoms with Crippen LogP contribution in [0.4, 0.5) is 11.5 Å². The summed E-state index contributed by atoms with van der Waals surface area (Å²) in [6.45, 7) is 5.35. The second-order valence-electron chi connectivity index (χ2n) is 10.5. The molecule has 3 aromatic rings. The number of nitriles is 1. The van der Waals surface area contributed by atoms with Crippen LogP contribution in [-0.2, 0) is 6.54 Å². The van der Waals surface area contributed by atoms with E-state index in [4.69, 9.17) is 0 Å². The van der Waals surface area contributed by atoms with Crippen molar-refractivity contribution in [2.24, 2.45) is 0 Å². The molecule has 3 heterocycles. The summed E-state index contributed by atoms with van der Waals surface area (Å²) in [6.07, 6.45) is 5.74. The van der Waals surface area contributed by atoms with Crippen molar-refractivity contribution < 1.29 is 4.79 Å². The maximum atomic E-state index is 13.6. The van der Waals surface area contributed by atoms with Crippen molar-refractivity contribution in [2.75, 3.05) is 63.8 Å². The summed E-state index contributed by atoms with van der Waals surface area (Å²) in [5.41, 5.74) is 5.97. The second kappa shape index (κ2) is 11.3. The van der Waals surface area contributed by atoms with Gasteiger partial charge in [0.25, 0.3) is 5.91 Å². The number of nitrogens with zero attached hydrogens (tertiary/aromatic N) is 9. The lowest BCUT2D eigenvalue weighted by molar-refractivity contribution is 0.0944. The molecule has 38 heavy (non-hydrogen) atoms. The van der Waals surface area contributed by atoms with Crippen molar-refractivity contribution in [1.82, 2.24) is 34.7 Å². The molecule has 1 aliphatic carbocycles. The van der Waals surface area contributed by atoms with E-state index in [2.05, 4.69) is 54.3 Å². The predicted molar refractivity (Wildman–Crippen MR) is 147 cm³/mol. The molecule has 1 N–H and O–H groups in total. The molecule has 2 aromatic heterocycles. The molecule has 0 unspecified atom stereocenters. The van der Waals surface area contributed by atoms with Crippen LogP contribution in [0.15, 0.2) is 30.6 Å². The Labute approximate surface area is 223 Å². The first-order valence-corrected chi connectivity index (χ1v) is 13.3. The third-order valence-corrected chi connectivity index (χ3v) is 7.45. The Balaban J connectivity index is 1.46. The Kier molecular flexibility index (Phi) is 7.72. The topological polar surface area (TPSA) is 109 Å². The summed E-state index contributed by atoms with van der Waals surface area (Å²) in [5, 5.41) is 11.6. The Morgan fingerprint density at radius 2 is 1.92 bits per heavy atom. The number of amides is 1. The highest BCUT2D eigenvalue weighted by atomic mass is 16.2. The normalized spacial score (nSPS) is 16.8. The standard InChI is InChI=1S/C27H36N10O/c1-33(2)11-14-36-19-29-24-25(36)30-23(18-28)31-26(24)37(21-8-4-5-9-21)32-27(38)20-7-6-10-22(17-20)35-15-12-34(3)13-16-35/h6-7,10,17,19,21H,4-5,8-9,11-16H2,1-3H3,(H,32,38). The molecule has 0 radical (unpaired) electrons. The zero-order valence-electron chi connectivity index (χ0n) is 22.5. The van der Waals surface area contributed by atoms with Crippen molar-refractivity contribution in [2.45, 2.75) is 38.3 Å². The zero-order chi connectivity index (χ0) is 26.6. The van der Waals surface area contributed by atoms with Crippen molar-refractivity contribution in [1.29, 1.82) is 5.26 Å². The predicted octanol–water partition coefficient (Wildman–Crippen LogP) is 2.11. The van der Waals surface area contributed by atoms with Gasteiger partial charge in [0.15, 0.2) is 17.0 Å². The Bertz CT molecular complexity index is 1320. The monoisotopic (exact) mass is 516 g/mol. The van der Waals surface area contributed by atoms with Crippen LogP contribution in [0.2, 0.25) is 0 Å². The van der Waals surface area contributed by atoms with Gasteiger partial charge in [-0.15, -0.1) is 0 Å². The first-order valence-electron chi connectivity index (χ1n) is 13.3. The maximum Gasteiger partial charge on any atom is 0.269 e. The van der Waals surface area contributed by atoms with Gasteiger partial charge in [0.2, 0.25) is 5.82 Å². The molecule has 0 spiro atoms. The van der Waals surface area contributed by atoms with Crippen molar-refractivity contribution in [3.63, 3.8) is 0 Å². The van der Waals surface area contributed by atoms with Crippen LogP contribution in [0.3, 0.4) is 0 Å². The summed E-state index contributed by atoms with van der Waals surface area (Å²) in [6, 6.07) is 9.96. The van der Waals surface area contributed by atoms with E-state index < -0.39 is 0 Å². The van der Waals surface area contributed by atoms with Gasteiger partial charge in [0.1, 0.15) is 6.07 Å². The van der Waals surface area contributed by atoms with Gasteiger partial charge in [0, 0.05) is 50.5 Å². The van der Waals surface area contributed by atoms with Crippen LogP contribution in [-0.4, -0.2) is 95.1 Å². The molecule has 5 rings (SSSR count). The molecule has 0 bridgehead atoms. The number of hydrogen-bond donors (Lipinski definition) is 1. The number of nitrogens with one attached hydrogen (secondary N) is 1. The summed E-state index contributed by atoms with van der Waals surface area (Å²) in [7, 11) is 6.15. The van der Waals surface area contributed by atoms with Gasteiger partial charge in [-0.1, -0.05) is 18.9 Å². The molecule has 1 saturated carbocycles. The van der Waals surface area contributed by atoms with E-state index in [1.807, 2.05) is 41.9 Å². The first kappa shape index (κ1) is 25.9. The SMILES string of the molecule is CN(C)CCn1cnc2c(N(NC(=O)c3cccc(N4CCN(C)CC4)c3)C3CCCC3)nc(C#N)nc21. The van der Waals surface area contributed by atoms with Crippen LogP contribution in [0.1, 0.15) is 41.9 Å². The maximum absolute atomic E-state index is 13.6. The average molecular weight is 517 g/mol. The van der Waals surface area contributed by atoms with Crippen LogP contribution < -0.4 is 15.3 Å². The van der Waals surface area contributed by atoms with Crippen molar-refractivity contribution >= 4 is 28.6 Å². The quantitative estimate of drug-likeness (QED) is 0.450. The molecule has 2 aliphatic rings. The van der Waals surface area contributed by atoms with Crippen LogP contribution in [0.5, 0.6) is 0 Å². The van der Waals surface area contributed by atoms with Crippen LogP contribution >= 0.6 is 0 Å². The van der Waals surface area contributed by atoms with E-state index >= 15 is 0 Å².